The van der Waals surface area contributed by atoms with Crippen LogP contribution in [0.3, 0.4) is 0 Å². The number of rotatable bonds is 6. The van der Waals surface area contributed by atoms with E-state index < -0.39 is 4.92 Å². The van der Waals surface area contributed by atoms with Crippen LogP contribution in [0, 0.1) is 16.0 Å². The molecule has 0 aliphatic carbocycles. The summed E-state index contributed by atoms with van der Waals surface area (Å²) in [4.78, 5) is 14.9. The second kappa shape index (κ2) is 6.81. The number of hydrogen-bond donors (Lipinski definition) is 1. The molecule has 1 aromatic carbocycles. The molecule has 0 bridgehead atoms. The number of para-hydroxylation sites is 1. The van der Waals surface area contributed by atoms with Crippen LogP contribution in [0.25, 0.3) is 22.9 Å². The van der Waals surface area contributed by atoms with Crippen LogP contribution in [0.5, 0.6) is 0 Å². The normalized spacial score (nSPS) is 12.5. The fraction of sp³-hybridized carbons (Fsp3) is 0.312. The van der Waals surface area contributed by atoms with E-state index in [0.717, 1.165) is 6.42 Å². The molecule has 0 fully saturated rings. The molecule has 0 spiro atoms. The van der Waals surface area contributed by atoms with Gasteiger partial charge in [-0.05, 0) is 18.4 Å². The van der Waals surface area contributed by atoms with Crippen molar-refractivity contribution in [1.82, 2.24) is 15.3 Å². The van der Waals surface area contributed by atoms with Gasteiger partial charge in [0, 0.05) is 12.1 Å². The third kappa shape index (κ3) is 3.56. The highest BCUT2D eigenvalue weighted by molar-refractivity contribution is 5.71. The third-order valence-corrected chi connectivity index (χ3v) is 3.59. The molecule has 25 heavy (non-hydrogen) atoms. The molecule has 9 heteroatoms. The monoisotopic (exact) mass is 343 g/mol. The maximum absolute atomic E-state index is 11.1. The van der Waals surface area contributed by atoms with Gasteiger partial charge in [-0.15, -0.1) is 0 Å². The van der Waals surface area contributed by atoms with Crippen LogP contribution in [0.1, 0.15) is 32.1 Å². The minimum atomic E-state index is -0.479. The van der Waals surface area contributed by atoms with Crippen molar-refractivity contribution in [3.8, 4) is 22.9 Å². The number of nitro groups is 1. The van der Waals surface area contributed by atoms with Gasteiger partial charge in [-0.3, -0.25) is 10.1 Å². The lowest BCUT2D eigenvalue weighted by Crippen LogP contribution is -2.14. The number of nitro benzene ring substituents is 1. The first-order chi connectivity index (χ1) is 12.0. The lowest BCUT2D eigenvalue weighted by molar-refractivity contribution is -0.384. The SMILES string of the molecule is CC(C)CC(N)c1noc(-c2cc(-c3ccccc3[N+](=O)[O-])on2)n1. The standard InChI is InChI=1S/C16H17N5O4/c1-9(2)7-11(17)15-18-16(25-20-15)12-8-14(24-19-12)10-5-3-4-6-13(10)21(22)23/h3-6,8-9,11H,7,17H2,1-2H3. The highest BCUT2D eigenvalue weighted by Crippen LogP contribution is 2.32. The predicted octanol–water partition coefficient (Wildman–Crippen LogP) is 3.35. The summed E-state index contributed by atoms with van der Waals surface area (Å²) in [7, 11) is 0. The van der Waals surface area contributed by atoms with Crippen molar-refractivity contribution >= 4 is 5.69 Å². The maximum Gasteiger partial charge on any atom is 0.280 e. The van der Waals surface area contributed by atoms with Crippen LogP contribution >= 0.6 is 0 Å². The Labute approximate surface area is 143 Å². The van der Waals surface area contributed by atoms with Gasteiger partial charge in [-0.1, -0.05) is 36.3 Å². The summed E-state index contributed by atoms with van der Waals surface area (Å²) in [5, 5.41) is 18.9. The Bertz CT molecular complexity index is 886. The molecule has 2 heterocycles. The smallest absolute Gasteiger partial charge is 0.280 e. The molecule has 2 N–H and O–H groups in total. The topological polar surface area (TPSA) is 134 Å². The van der Waals surface area contributed by atoms with Gasteiger partial charge in [-0.25, -0.2) is 0 Å². The molecule has 3 rings (SSSR count). The van der Waals surface area contributed by atoms with E-state index in [9.17, 15) is 10.1 Å². The van der Waals surface area contributed by atoms with Crippen LogP contribution in [0.4, 0.5) is 5.69 Å². The lowest BCUT2D eigenvalue weighted by atomic mass is 10.0. The average molecular weight is 343 g/mol. The molecule has 0 saturated carbocycles. The molecule has 2 aromatic heterocycles. The predicted molar refractivity (Wildman–Crippen MR) is 88.3 cm³/mol. The van der Waals surface area contributed by atoms with Gasteiger partial charge in [0.15, 0.2) is 17.3 Å². The van der Waals surface area contributed by atoms with E-state index in [2.05, 4.69) is 29.1 Å². The van der Waals surface area contributed by atoms with Crippen molar-refractivity contribution in [3.05, 3.63) is 46.3 Å². The first-order valence-corrected chi connectivity index (χ1v) is 7.75. The van der Waals surface area contributed by atoms with E-state index in [-0.39, 0.29) is 23.4 Å². The molecule has 0 radical (unpaired) electrons. The zero-order chi connectivity index (χ0) is 18.0. The van der Waals surface area contributed by atoms with E-state index in [1.54, 1.807) is 18.2 Å². The lowest BCUT2D eigenvalue weighted by Gasteiger charge is -2.08. The highest BCUT2D eigenvalue weighted by Gasteiger charge is 2.22. The van der Waals surface area contributed by atoms with Crippen LogP contribution in [0.2, 0.25) is 0 Å². The number of aromatic nitrogens is 3. The van der Waals surface area contributed by atoms with Gasteiger partial charge in [0.1, 0.15) is 0 Å². The summed E-state index contributed by atoms with van der Waals surface area (Å²) in [5.41, 5.74) is 6.58. The fourth-order valence-corrected chi connectivity index (χ4v) is 2.45. The molecule has 9 nitrogen and oxygen atoms in total. The van der Waals surface area contributed by atoms with Crippen LogP contribution in [-0.2, 0) is 0 Å². The zero-order valence-corrected chi connectivity index (χ0v) is 13.7. The van der Waals surface area contributed by atoms with Gasteiger partial charge in [0.25, 0.3) is 11.6 Å². The number of hydrogen-bond acceptors (Lipinski definition) is 8. The molecule has 130 valence electrons. The number of nitrogens with zero attached hydrogens (tertiary/aromatic N) is 4. The molecule has 0 aliphatic rings. The number of benzene rings is 1. The fourth-order valence-electron chi connectivity index (χ4n) is 2.45. The average Bonchev–Trinajstić information content (AvgIpc) is 3.23. The van der Waals surface area contributed by atoms with E-state index >= 15 is 0 Å². The van der Waals surface area contributed by atoms with Gasteiger partial charge >= 0.3 is 0 Å². The van der Waals surface area contributed by atoms with E-state index in [1.165, 1.54) is 12.1 Å². The first kappa shape index (κ1) is 16.8. The Morgan fingerprint density at radius 2 is 2.00 bits per heavy atom. The van der Waals surface area contributed by atoms with E-state index in [0.29, 0.717) is 23.0 Å². The third-order valence-electron chi connectivity index (χ3n) is 3.59. The van der Waals surface area contributed by atoms with Gasteiger partial charge < -0.3 is 14.8 Å². The molecular weight excluding hydrogens is 326 g/mol. The second-order valence-electron chi connectivity index (χ2n) is 6.04. The molecule has 1 atom stereocenters. The van der Waals surface area contributed by atoms with Gasteiger partial charge in [-0.2, -0.15) is 4.98 Å². The Morgan fingerprint density at radius 1 is 1.24 bits per heavy atom. The molecule has 1 unspecified atom stereocenters. The minimum absolute atomic E-state index is 0.0737. The Balaban J connectivity index is 1.88. The van der Waals surface area contributed by atoms with Crippen LogP contribution < -0.4 is 5.73 Å². The summed E-state index contributed by atoms with van der Waals surface area (Å²) >= 11 is 0. The summed E-state index contributed by atoms with van der Waals surface area (Å²) < 4.78 is 10.4. The minimum Gasteiger partial charge on any atom is -0.355 e. The second-order valence-corrected chi connectivity index (χ2v) is 6.04. The van der Waals surface area contributed by atoms with Crippen LogP contribution in [-0.4, -0.2) is 20.2 Å². The Hall–Kier alpha value is -3.07. The quantitative estimate of drug-likeness (QED) is 0.532. The van der Waals surface area contributed by atoms with Gasteiger partial charge in [0.2, 0.25) is 0 Å². The summed E-state index contributed by atoms with van der Waals surface area (Å²) in [6.45, 7) is 4.11. The van der Waals surface area contributed by atoms with Crippen LogP contribution in [0.15, 0.2) is 39.4 Å². The Morgan fingerprint density at radius 3 is 2.72 bits per heavy atom. The molecule has 0 saturated heterocycles. The van der Waals surface area contributed by atoms with Crippen molar-refractivity contribution in [2.75, 3.05) is 0 Å². The van der Waals surface area contributed by atoms with Crippen molar-refractivity contribution in [2.45, 2.75) is 26.3 Å². The molecule has 3 aromatic rings. The van der Waals surface area contributed by atoms with E-state index in [1.807, 2.05) is 0 Å². The Kier molecular flexibility index (Phi) is 4.57. The molecular formula is C16H17N5O4. The molecule has 0 aliphatic heterocycles. The van der Waals surface area contributed by atoms with Crippen molar-refractivity contribution in [1.29, 1.82) is 0 Å². The number of nitrogens with two attached hydrogens (primary N) is 1. The summed E-state index contributed by atoms with van der Waals surface area (Å²) in [5.74, 6) is 1.18. The summed E-state index contributed by atoms with van der Waals surface area (Å²) in [6, 6.07) is 7.43. The van der Waals surface area contributed by atoms with E-state index in [4.69, 9.17) is 14.8 Å². The zero-order valence-electron chi connectivity index (χ0n) is 13.7. The largest absolute Gasteiger partial charge is 0.355 e. The van der Waals surface area contributed by atoms with Crippen molar-refractivity contribution < 1.29 is 14.0 Å². The van der Waals surface area contributed by atoms with Crippen molar-refractivity contribution in [3.63, 3.8) is 0 Å². The summed E-state index contributed by atoms with van der Waals surface area (Å²) in [6.07, 6.45) is 0.721. The van der Waals surface area contributed by atoms with Gasteiger partial charge in [0.05, 0.1) is 16.5 Å². The molecule has 0 amide bonds. The highest BCUT2D eigenvalue weighted by atomic mass is 16.6. The first-order valence-electron chi connectivity index (χ1n) is 7.75. The van der Waals surface area contributed by atoms with Crippen molar-refractivity contribution in [2.24, 2.45) is 11.7 Å². The maximum atomic E-state index is 11.1.